The van der Waals surface area contributed by atoms with Crippen molar-refractivity contribution in [1.29, 1.82) is 5.26 Å². The third-order valence-corrected chi connectivity index (χ3v) is 6.33. The number of amides is 1. The standard InChI is InChI=1S/C21H28ClN3O2/c1-15-21(7-10-24(11-8-21)19(26)27-20(2,3)4)9-12-25(15)17-6-5-16(14-23)18(22)13-17/h5-6,13,15H,7-12H2,1-4H3/t15-/m0/s1. The molecule has 0 radical (unpaired) electrons. The van der Waals surface area contributed by atoms with E-state index in [2.05, 4.69) is 17.9 Å². The van der Waals surface area contributed by atoms with Crippen LogP contribution in [0.25, 0.3) is 0 Å². The van der Waals surface area contributed by atoms with Crippen LogP contribution in [0.5, 0.6) is 0 Å². The molecule has 2 heterocycles. The molecule has 1 aromatic rings. The average Bonchev–Trinajstić information content (AvgIpc) is 2.90. The Morgan fingerprint density at radius 2 is 1.89 bits per heavy atom. The van der Waals surface area contributed by atoms with E-state index in [1.165, 1.54) is 0 Å². The molecule has 2 fully saturated rings. The zero-order chi connectivity index (χ0) is 19.8. The number of ether oxygens (including phenoxy) is 1. The lowest BCUT2D eigenvalue weighted by Crippen LogP contribution is -2.48. The first-order chi connectivity index (χ1) is 12.6. The van der Waals surface area contributed by atoms with Gasteiger partial charge in [-0.05, 0) is 70.6 Å². The largest absolute Gasteiger partial charge is 0.444 e. The van der Waals surface area contributed by atoms with Crippen molar-refractivity contribution in [3.63, 3.8) is 0 Å². The molecule has 27 heavy (non-hydrogen) atoms. The number of benzene rings is 1. The second-order valence-electron chi connectivity index (χ2n) is 8.73. The van der Waals surface area contributed by atoms with Crippen LogP contribution in [-0.4, -0.2) is 42.3 Å². The lowest BCUT2D eigenvalue weighted by Gasteiger charge is -2.43. The highest BCUT2D eigenvalue weighted by atomic mass is 35.5. The molecule has 146 valence electrons. The van der Waals surface area contributed by atoms with Gasteiger partial charge in [0.25, 0.3) is 0 Å². The number of nitrogens with zero attached hydrogens (tertiary/aromatic N) is 3. The van der Waals surface area contributed by atoms with Gasteiger partial charge in [-0.15, -0.1) is 0 Å². The maximum Gasteiger partial charge on any atom is 0.410 e. The molecule has 5 nitrogen and oxygen atoms in total. The number of rotatable bonds is 1. The SMILES string of the molecule is C[C@@H]1N(c2ccc(C#N)c(Cl)c2)CCC12CCN(C(=O)OC(C)(C)C)CC2. The van der Waals surface area contributed by atoms with Gasteiger partial charge >= 0.3 is 6.09 Å². The van der Waals surface area contributed by atoms with Crippen molar-refractivity contribution >= 4 is 23.4 Å². The van der Waals surface area contributed by atoms with Gasteiger partial charge in [-0.2, -0.15) is 5.26 Å². The van der Waals surface area contributed by atoms with Gasteiger partial charge in [0.15, 0.2) is 0 Å². The molecule has 3 rings (SSSR count). The van der Waals surface area contributed by atoms with Crippen molar-refractivity contribution in [1.82, 2.24) is 4.90 Å². The van der Waals surface area contributed by atoms with Crippen LogP contribution in [0, 0.1) is 16.7 Å². The van der Waals surface area contributed by atoms with E-state index in [1.807, 2.05) is 37.8 Å². The first kappa shape index (κ1) is 19.8. The fourth-order valence-electron chi connectivity index (χ4n) is 4.33. The Balaban J connectivity index is 1.67. The number of hydrogen-bond acceptors (Lipinski definition) is 4. The molecule has 0 saturated carbocycles. The van der Waals surface area contributed by atoms with E-state index in [4.69, 9.17) is 21.6 Å². The van der Waals surface area contributed by atoms with Gasteiger partial charge < -0.3 is 14.5 Å². The molecule has 2 aliphatic rings. The normalized spacial score (nSPS) is 22.0. The number of piperidine rings is 1. The fraction of sp³-hybridized carbons (Fsp3) is 0.619. The Morgan fingerprint density at radius 1 is 1.26 bits per heavy atom. The monoisotopic (exact) mass is 389 g/mol. The summed E-state index contributed by atoms with van der Waals surface area (Å²) in [6.45, 7) is 10.4. The third kappa shape index (κ3) is 4.01. The zero-order valence-electron chi connectivity index (χ0n) is 16.6. The lowest BCUT2D eigenvalue weighted by molar-refractivity contribution is 0.00944. The fourth-order valence-corrected chi connectivity index (χ4v) is 4.55. The van der Waals surface area contributed by atoms with E-state index in [9.17, 15) is 4.79 Å². The number of anilines is 1. The summed E-state index contributed by atoms with van der Waals surface area (Å²) >= 11 is 6.23. The van der Waals surface area contributed by atoms with Gasteiger partial charge in [0, 0.05) is 31.4 Å². The first-order valence-corrected chi connectivity index (χ1v) is 9.97. The first-order valence-electron chi connectivity index (χ1n) is 9.59. The minimum absolute atomic E-state index is 0.207. The number of carbonyl (C=O) groups excluding carboxylic acids is 1. The van der Waals surface area contributed by atoms with Gasteiger partial charge in [-0.25, -0.2) is 4.79 Å². The number of carbonyl (C=O) groups is 1. The molecule has 2 aliphatic heterocycles. The molecule has 0 N–H and O–H groups in total. The minimum atomic E-state index is -0.460. The van der Waals surface area contributed by atoms with Gasteiger partial charge in [0.05, 0.1) is 10.6 Å². The molecule has 0 bridgehead atoms. The van der Waals surface area contributed by atoms with Crippen LogP contribution in [0.4, 0.5) is 10.5 Å². The summed E-state index contributed by atoms with van der Waals surface area (Å²) in [5.41, 5.74) is 1.32. The van der Waals surface area contributed by atoms with E-state index in [1.54, 1.807) is 6.07 Å². The van der Waals surface area contributed by atoms with E-state index in [-0.39, 0.29) is 11.5 Å². The highest BCUT2D eigenvalue weighted by Gasteiger charge is 2.47. The quantitative estimate of drug-likeness (QED) is 0.690. The van der Waals surface area contributed by atoms with Gasteiger partial charge in [-0.1, -0.05) is 11.6 Å². The topological polar surface area (TPSA) is 56.6 Å². The second-order valence-corrected chi connectivity index (χ2v) is 9.13. The van der Waals surface area contributed by atoms with Crippen LogP contribution in [0.3, 0.4) is 0 Å². The predicted molar refractivity (Wildman–Crippen MR) is 107 cm³/mol. The van der Waals surface area contributed by atoms with Gasteiger partial charge in [0.2, 0.25) is 0 Å². The summed E-state index contributed by atoms with van der Waals surface area (Å²) in [7, 11) is 0. The molecule has 0 aliphatic carbocycles. The number of likely N-dealkylation sites (tertiary alicyclic amines) is 1. The molecule has 1 spiro atoms. The Kier molecular flexibility index (Phi) is 5.31. The number of halogens is 1. The molecule has 1 amide bonds. The molecule has 1 aromatic carbocycles. The summed E-state index contributed by atoms with van der Waals surface area (Å²) in [5.74, 6) is 0. The maximum absolute atomic E-state index is 12.3. The summed E-state index contributed by atoms with van der Waals surface area (Å²) < 4.78 is 5.52. The highest BCUT2D eigenvalue weighted by Crippen LogP contribution is 2.47. The van der Waals surface area contributed by atoms with Crippen LogP contribution in [-0.2, 0) is 4.74 Å². The van der Waals surface area contributed by atoms with E-state index in [0.717, 1.165) is 44.6 Å². The van der Waals surface area contributed by atoms with Crippen molar-refractivity contribution in [2.75, 3.05) is 24.5 Å². The summed E-state index contributed by atoms with van der Waals surface area (Å²) in [6.07, 6.45) is 2.86. The van der Waals surface area contributed by atoms with Gasteiger partial charge in [-0.3, -0.25) is 0 Å². The van der Waals surface area contributed by atoms with Crippen LogP contribution in [0.1, 0.15) is 52.5 Å². The summed E-state index contributed by atoms with van der Waals surface area (Å²) in [5, 5.41) is 9.58. The molecular weight excluding hydrogens is 362 g/mol. The van der Waals surface area contributed by atoms with E-state index >= 15 is 0 Å². The summed E-state index contributed by atoms with van der Waals surface area (Å²) in [4.78, 5) is 16.6. The minimum Gasteiger partial charge on any atom is -0.444 e. The molecule has 2 saturated heterocycles. The average molecular weight is 390 g/mol. The van der Waals surface area contributed by atoms with Crippen LogP contribution < -0.4 is 4.90 Å². The van der Waals surface area contributed by atoms with Crippen LogP contribution in [0.15, 0.2) is 18.2 Å². The lowest BCUT2D eigenvalue weighted by atomic mass is 9.73. The Labute approximate surface area is 166 Å². The molecule has 0 unspecified atom stereocenters. The van der Waals surface area contributed by atoms with Crippen molar-refractivity contribution in [2.24, 2.45) is 5.41 Å². The van der Waals surface area contributed by atoms with Crippen LogP contribution >= 0.6 is 11.6 Å². The third-order valence-electron chi connectivity index (χ3n) is 6.02. The Hall–Kier alpha value is -1.93. The van der Waals surface area contributed by atoms with Crippen molar-refractivity contribution in [2.45, 2.75) is 58.6 Å². The summed E-state index contributed by atoms with van der Waals surface area (Å²) in [6, 6.07) is 8.14. The zero-order valence-corrected chi connectivity index (χ0v) is 17.3. The van der Waals surface area contributed by atoms with Crippen molar-refractivity contribution in [3.05, 3.63) is 28.8 Å². The molecule has 0 aromatic heterocycles. The second kappa shape index (κ2) is 7.24. The smallest absolute Gasteiger partial charge is 0.410 e. The number of hydrogen-bond donors (Lipinski definition) is 0. The van der Waals surface area contributed by atoms with Crippen molar-refractivity contribution in [3.8, 4) is 6.07 Å². The number of nitriles is 1. The van der Waals surface area contributed by atoms with Crippen LogP contribution in [0.2, 0.25) is 5.02 Å². The molecular formula is C21H28ClN3O2. The molecule has 1 atom stereocenters. The Morgan fingerprint density at radius 3 is 2.44 bits per heavy atom. The van der Waals surface area contributed by atoms with Gasteiger partial charge in [0.1, 0.15) is 11.7 Å². The highest BCUT2D eigenvalue weighted by molar-refractivity contribution is 6.32. The van der Waals surface area contributed by atoms with E-state index in [0.29, 0.717) is 16.6 Å². The Bertz CT molecular complexity index is 758. The van der Waals surface area contributed by atoms with E-state index < -0.39 is 5.60 Å². The predicted octanol–water partition coefficient (Wildman–Crippen LogP) is 4.83. The molecule has 6 heteroatoms. The maximum atomic E-state index is 12.3. The van der Waals surface area contributed by atoms with Crippen molar-refractivity contribution < 1.29 is 9.53 Å².